The van der Waals surface area contributed by atoms with E-state index >= 15 is 0 Å². The molecule has 0 radical (unpaired) electrons. The molecule has 0 heterocycles. The van der Waals surface area contributed by atoms with Gasteiger partial charge in [0.1, 0.15) is 5.75 Å². The molecule has 0 aliphatic heterocycles. The summed E-state index contributed by atoms with van der Waals surface area (Å²) in [5.74, 6) is -0.914. The molecule has 10 heteroatoms. The van der Waals surface area contributed by atoms with Crippen molar-refractivity contribution in [3.05, 3.63) is 65.2 Å². The van der Waals surface area contributed by atoms with Crippen LogP contribution < -0.4 is 20.7 Å². The lowest BCUT2D eigenvalue weighted by Crippen LogP contribution is -2.54. The summed E-state index contributed by atoms with van der Waals surface area (Å²) in [4.78, 5) is 37.2. The fourth-order valence-electron chi connectivity index (χ4n) is 3.83. The average molecular weight is 477 g/mol. The zero-order chi connectivity index (χ0) is 24.7. The van der Waals surface area contributed by atoms with E-state index in [2.05, 4.69) is 16.0 Å². The number of rotatable bonds is 7. The molecule has 3 amide bonds. The van der Waals surface area contributed by atoms with E-state index in [1.54, 1.807) is 24.3 Å². The Morgan fingerprint density at radius 3 is 2.18 bits per heavy atom. The molecule has 2 aromatic carbocycles. The second-order valence-electron chi connectivity index (χ2n) is 8.03. The molecule has 0 bridgehead atoms. The predicted octanol–water partition coefficient (Wildman–Crippen LogP) is 3.30. The van der Waals surface area contributed by atoms with Gasteiger partial charge in [0.2, 0.25) is 5.91 Å². The first-order chi connectivity index (χ1) is 16.2. The number of hydrogen-bond acceptors (Lipinski definition) is 4. The molecule has 34 heavy (non-hydrogen) atoms. The number of ether oxygens (including phenoxy) is 1. The first kappa shape index (κ1) is 25.1. The summed E-state index contributed by atoms with van der Waals surface area (Å²) in [7, 11) is 1.53. The molecule has 1 aliphatic rings. The topological polar surface area (TPSA) is 96.5 Å². The third-order valence-electron chi connectivity index (χ3n) is 5.64. The maximum atomic E-state index is 12.8. The Balaban J connectivity index is 1.54. The van der Waals surface area contributed by atoms with Crippen LogP contribution >= 0.6 is 0 Å². The number of benzene rings is 2. The minimum absolute atomic E-state index is 0.190. The third-order valence-corrected chi connectivity index (χ3v) is 5.64. The Kier molecular flexibility index (Phi) is 8.14. The first-order valence-electron chi connectivity index (χ1n) is 10.9. The van der Waals surface area contributed by atoms with E-state index in [1.807, 2.05) is 0 Å². The van der Waals surface area contributed by atoms with Gasteiger partial charge in [0.25, 0.3) is 11.8 Å². The molecular weight excluding hydrogens is 451 g/mol. The second-order valence-corrected chi connectivity index (χ2v) is 8.03. The van der Waals surface area contributed by atoms with E-state index in [-0.39, 0.29) is 23.6 Å². The Hall–Kier alpha value is -3.56. The van der Waals surface area contributed by atoms with Crippen LogP contribution in [0.3, 0.4) is 0 Å². The maximum absolute atomic E-state index is 12.8. The van der Waals surface area contributed by atoms with Gasteiger partial charge in [-0.2, -0.15) is 13.2 Å². The molecule has 0 unspecified atom stereocenters. The largest absolute Gasteiger partial charge is 0.497 e. The van der Waals surface area contributed by atoms with E-state index in [0.29, 0.717) is 24.2 Å². The van der Waals surface area contributed by atoms with Gasteiger partial charge in [0.15, 0.2) is 0 Å². The zero-order valence-electron chi connectivity index (χ0n) is 18.6. The summed E-state index contributed by atoms with van der Waals surface area (Å²) in [6.45, 7) is -0.398. The minimum Gasteiger partial charge on any atom is -0.497 e. The van der Waals surface area contributed by atoms with Crippen LogP contribution in [0, 0.1) is 0 Å². The number of carbonyl (C=O) groups excluding carboxylic acids is 3. The second kappa shape index (κ2) is 11.0. The highest BCUT2D eigenvalue weighted by atomic mass is 19.4. The molecule has 3 rings (SSSR count). The zero-order valence-corrected chi connectivity index (χ0v) is 18.6. The number of carbonyl (C=O) groups is 3. The van der Waals surface area contributed by atoms with Crippen molar-refractivity contribution < 1.29 is 32.3 Å². The van der Waals surface area contributed by atoms with Crippen molar-refractivity contribution in [3.63, 3.8) is 0 Å². The Labute approximate surface area is 195 Å². The van der Waals surface area contributed by atoms with Crippen LogP contribution in [-0.4, -0.2) is 43.5 Å². The molecule has 0 saturated heterocycles. The summed E-state index contributed by atoms with van der Waals surface area (Å²) in [5, 5.41) is 8.11. The summed E-state index contributed by atoms with van der Waals surface area (Å²) >= 11 is 0. The van der Waals surface area contributed by atoms with Gasteiger partial charge in [-0.25, -0.2) is 0 Å². The van der Waals surface area contributed by atoms with Crippen molar-refractivity contribution in [3.8, 4) is 5.75 Å². The number of amides is 3. The fourth-order valence-corrected chi connectivity index (χ4v) is 3.83. The SMILES string of the molecule is COc1ccc(C(=O)N[C@H]2CCCC[C@H]2NC(=O)CNC(=O)c2cccc(C(F)(F)F)c2)cc1. The van der Waals surface area contributed by atoms with Crippen LogP contribution in [0.4, 0.5) is 13.2 Å². The summed E-state index contributed by atoms with van der Waals surface area (Å²) in [6.07, 6.45) is -1.47. The van der Waals surface area contributed by atoms with Crippen LogP contribution in [0.1, 0.15) is 52.0 Å². The van der Waals surface area contributed by atoms with E-state index in [1.165, 1.54) is 13.2 Å². The van der Waals surface area contributed by atoms with Gasteiger partial charge < -0.3 is 20.7 Å². The van der Waals surface area contributed by atoms with Crippen molar-refractivity contribution in [2.45, 2.75) is 43.9 Å². The highest BCUT2D eigenvalue weighted by Gasteiger charge is 2.31. The lowest BCUT2D eigenvalue weighted by Gasteiger charge is -2.33. The van der Waals surface area contributed by atoms with Gasteiger partial charge in [0.05, 0.1) is 19.2 Å². The van der Waals surface area contributed by atoms with Crippen molar-refractivity contribution in [1.82, 2.24) is 16.0 Å². The smallest absolute Gasteiger partial charge is 0.416 e. The van der Waals surface area contributed by atoms with Crippen LogP contribution in [-0.2, 0) is 11.0 Å². The molecular formula is C24H26F3N3O4. The maximum Gasteiger partial charge on any atom is 0.416 e. The molecule has 182 valence electrons. The lowest BCUT2D eigenvalue weighted by atomic mass is 9.90. The fraction of sp³-hybridized carbons (Fsp3) is 0.375. The molecule has 0 spiro atoms. The first-order valence-corrected chi connectivity index (χ1v) is 10.9. The number of halogens is 3. The molecule has 3 N–H and O–H groups in total. The van der Waals surface area contributed by atoms with Crippen molar-refractivity contribution in [2.75, 3.05) is 13.7 Å². The van der Waals surface area contributed by atoms with Crippen molar-refractivity contribution >= 4 is 17.7 Å². The monoisotopic (exact) mass is 477 g/mol. The van der Waals surface area contributed by atoms with E-state index in [0.717, 1.165) is 31.0 Å². The number of alkyl halides is 3. The van der Waals surface area contributed by atoms with Gasteiger partial charge >= 0.3 is 6.18 Å². The Bertz CT molecular complexity index is 1020. The number of nitrogens with one attached hydrogen (secondary N) is 3. The van der Waals surface area contributed by atoms with Crippen LogP contribution in [0.2, 0.25) is 0 Å². The number of methoxy groups -OCH3 is 1. The molecule has 7 nitrogen and oxygen atoms in total. The quantitative estimate of drug-likeness (QED) is 0.570. The van der Waals surface area contributed by atoms with Crippen LogP contribution in [0.5, 0.6) is 5.75 Å². The van der Waals surface area contributed by atoms with Gasteiger partial charge in [-0.15, -0.1) is 0 Å². The van der Waals surface area contributed by atoms with Crippen LogP contribution in [0.15, 0.2) is 48.5 Å². The summed E-state index contributed by atoms with van der Waals surface area (Å²) in [5.41, 5.74) is -0.669. The summed E-state index contributed by atoms with van der Waals surface area (Å²) in [6, 6.07) is 10.0. The molecule has 2 aromatic rings. The lowest BCUT2D eigenvalue weighted by molar-refractivity contribution is -0.137. The normalized spacial score (nSPS) is 18.0. The number of hydrogen-bond donors (Lipinski definition) is 3. The average Bonchev–Trinajstić information content (AvgIpc) is 2.83. The van der Waals surface area contributed by atoms with E-state index < -0.39 is 30.1 Å². The molecule has 1 fully saturated rings. The van der Waals surface area contributed by atoms with E-state index in [9.17, 15) is 27.6 Å². The van der Waals surface area contributed by atoms with Crippen LogP contribution in [0.25, 0.3) is 0 Å². The predicted molar refractivity (Wildman–Crippen MR) is 118 cm³/mol. The Morgan fingerprint density at radius 2 is 1.56 bits per heavy atom. The Morgan fingerprint density at radius 1 is 0.912 bits per heavy atom. The van der Waals surface area contributed by atoms with E-state index in [4.69, 9.17) is 4.74 Å². The van der Waals surface area contributed by atoms with Gasteiger partial charge in [-0.1, -0.05) is 18.9 Å². The molecule has 2 atom stereocenters. The standard InChI is InChI=1S/C24H26F3N3O4/c1-34-18-11-9-15(10-12-18)23(33)30-20-8-3-2-7-19(20)29-21(31)14-28-22(32)16-5-4-6-17(13-16)24(25,26)27/h4-6,9-13,19-20H,2-3,7-8,14H2,1H3,(H,28,32)(H,29,31)(H,30,33)/t19-,20+/m1/s1. The van der Waals surface area contributed by atoms with Gasteiger partial charge in [-0.3, -0.25) is 14.4 Å². The molecule has 1 aliphatic carbocycles. The highest BCUT2D eigenvalue weighted by molar-refractivity contribution is 5.97. The van der Waals surface area contributed by atoms with Gasteiger partial charge in [-0.05, 0) is 55.3 Å². The van der Waals surface area contributed by atoms with Crippen molar-refractivity contribution in [2.24, 2.45) is 0 Å². The molecule has 0 aromatic heterocycles. The minimum atomic E-state index is -4.57. The summed E-state index contributed by atoms with van der Waals surface area (Å²) < 4.78 is 43.6. The van der Waals surface area contributed by atoms with Gasteiger partial charge in [0, 0.05) is 23.2 Å². The van der Waals surface area contributed by atoms with Crippen molar-refractivity contribution in [1.29, 1.82) is 0 Å². The third kappa shape index (κ3) is 6.72. The highest BCUT2D eigenvalue weighted by Crippen LogP contribution is 2.29. The molecule has 1 saturated carbocycles.